The minimum absolute atomic E-state index is 0.292. The number of para-hydroxylation sites is 1. The van der Waals surface area contributed by atoms with E-state index in [0.29, 0.717) is 39.2 Å². The number of carbonyl (C=O) groups excluding carboxylic acids is 1. The van der Waals surface area contributed by atoms with Crippen LogP contribution in [0.3, 0.4) is 0 Å². The third-order valence-electron chi connectivity index (χ3n) is 5.68. The third-order valence-corrected chi connectivity index (χ3v) is 6.21. The minimum atomic E-state index is -0.319. The summed E-state index contributed by atoms with van der Waals surface area (Å²) in [7, 11) is 1.87. The molecule has 3 aromatic heterocycles. The number of pyridine rings is 1. The average molecular weight is 491 g/mol. The molecule has 1 N–H and O–H groups in total. The van der Waals surface area contributed by atoms with Crippen molar-refractivity contribution in [3.05, 3.63) is 93.9 Å². The summed E-state index contributed by atoms with van der Waals surface area (Å²) in [5.74, 6) is -0.0272. The molecule has 0 saturated carbocycles. The molecule has 5 aromatic rings. The van der Waals surface area contributed by atoms with Crippen molar-refractivity contribution in [2.45, 2.75) is 13.5 Å². The lowest BCUT2D eigenvalue weighted by Gasteiger charge is -2.10. The summed E-state index contributed by atoms with van der Waals surface area (Å²) in [6.45, 7) is 2.46. The SMILES string of the molecule is Cc1c(-c2cc(C(=O)Nc3nn(Cc4ccc(Cl)cc4)cc3Cl)c3ccccc3n2)cnn1C. The van der Waals surface area contributed by atoms with Crippen LogP contribution in [0.25, 0.3) is 22.2 Å². The predicted octanol–water partition coefficient (Wildman–Crippen LogP) is 5.75. The van der Waals surface area contributed by atoms with Gasteiger partial charge >= 0.3 is 0 Å². The van der Waals surface area contributed by atoms with Crippen LogP contribution in [0.5, 0.6) is 0 Å². The van der Waals surface area contributed by atoms with Crippen LogP contribution >= 0.6 is 23.2 Å². The normalized spacial score (nSPS) is 11.2. The fourth-order valence-corrected chi connectivity index (χ4v) is 4.09. The summed E-state index contributed by atoms with van der Waals surface area (Å²) in [5.41, 5.74) is 4.71. The van der Waals surface area contributed by atoms with Crippen LogP contribution in [0.4, 0.5) is 5.82 Å². The molecule has 0 unspecified atom stereocenters. The molecule has 0 saturated heterocycles. The Bertz CT molecular complexity index is 1520. The molecule has 0 atom stereocenters. The molecule has 0 aliphatic carbocycles. The number of rotatable bonds is 5. The highest BCUT2D eigenvalue weighted by molar-refractivity contribution is 6.33. The van der Waals surface area contributed by atoms with Crippen LogP contribution in [0, 0.1) is 6.92 Å². The molecule has 1 amide bonds. The summed E-state index contributed by atoms with van der Waals surface area (Å²) in [6, 6.07) is 16.8. The number of carbonyl (C=O) groups is 1. The molecule has 0 spiro atoms. The Morgan fingerprint density at radius 1 is 1.09 bits per heavy atom. The Balaban J connectivity index is 1.47. The summed E-state index contributed by atoms with van der Waals surface area (Å²) < 4.78 is 3.45. The first-order chi connectivity index (χ1) is 16.4. The molecule has 0 aliphatic rings. The van der Waals surface area contributed by atoms with Gasteiger partial charge < -0.3 is 5.32 Å². The maximum absolute atomic E-state index is 13.4. The van der Waals surface area contributed by atoms with Crippen molar-refractivity contribution in [3.8, 4) is 11.3 Å². The largest absolute Gasteiger partial charge is 0.304 e. The van der Waals surface area contributed by atoms with Gasteiger partial charge in [0.25, 0.3) is 5.91 Å². The number of hydrogen-bond acceptors (Lipinski definition) is 4. The third kappa shape index (κ3) is 4.27. The topological polar surface area (TPSA) is 77.6 Å². The summed E-state index contributed by atoms with van der Waals surface area (Å²) in [6.07, 6.45) is 3.43. The van der Waals surface area contributed by atoms with Crippen LogP contribution in [0.2, 0.25) is 10.0 Å². The van der Waals surface area contributed by atoms with Gasteiger partial charge in [-0.1, -0.05) is 53.5 Å². The van der Waals surface area contributed by atoms with Crippen LogP contribution in [0.15, 0.2) is 67.0 Å². The quantitative estimate of drug-likeness (QED) is 0.340. The molecule has 7 nitrogen and oxygen atoms in total. The Labute approximate surface area is 205 Å². The molecule has 0 radical (unpaired) electrons. The molecule has 170 valence electrons. The monoisotopic (exact) mass is 490 g/mol. The predicted molar refractivity (Wildman–Crippen MR) is 134 cm³/mol. The maximum atomic E-state index is 13.4. The summed E-state index contributed by atoms with van der Waals surface area (Å²) in [4.78, 5) is 18.1. The van der Waals surface area contributed by atoms with E-state index in [1.165, 1.54) is 0 Å². The number of halogens is 2. The summed E-state index contributed by atoms with van der Waals surface area (Å²) in [5, 5.41) is 13.4. The second-order valence-electron chi connectivity index (χ2n) is 7.94. The Morgan fingerprint density at radius 2 is 1.85 bits per heavy atom. The van der Waals surface area contributed by atoms with E-state index in [9.17, 15) is 4.79 Å². The zero-order chi connectivity index (χ0) is 23.8. The molecule has 0 bridgehead atoms. The number of benzene rings is 2. The molecule has 0 aliphatic heterocycles. The molecule has 5 rings (SSSR count). The van der Waals surface area contributed by atoms with Gasteiger partial charge in [0.2, 0.25) is 0 Å². The van der Waals surface area contributed by atoms with Crippen molar-refractivity contribution in [1.29, 1.82) is 0 Å². The van der Waals surface area contributed by atoms with Gasteiger partial charge in [-0.15, -0.1) is 0 Å². The fourth-order valence-electron chi connectivity index (χ4n) is 3.77. The maximum Gasteiger partial charge on any atom is 0.257 e. The van der Waals surface area contributed by atoms with Gasteiger partial charge in [-0.3, -0.25) is 14.2 Å². The first-order valence-electron chi connectivity index (χ1n) is 10.6. The molecule has 34 heavy (non-hydrogen) atoms. The number of amides is 1. The number of nitrogens with one attached hydrogen (secondary N) is 1. The molecular formula is C25H20Cl2N6O. The standard InChI is InChI=1S/C25H20Cl2N6O/c1-15-20(12-28-32(15)2)23-11-19(18-5-3-4-6-22(18)29-23)25(34)30-24-21(27)14-33(31-24)13-16-7-9-17(26)10-8-16/h3-12,14H,13H2,1-2H3,(H,30,31,34). The van der Waals surface area contributed by atoms with Gasteiger partial charge in [0.1, 0.15) is 5.02 Å². The van der Waals surface area contributed by atoms with E-state index >= 15 is 0 Å². The Kier molecular flexibility index (Phi) is 5.81. The van der Waals surface area contributed by atoms with Crippen molar-refractivity contribution >= 4 is 45.8 Å². The lowest BCUT2D eigenvalue weighted by molar-refractivity contribution is 0.102. The van der Waals surface area contributed by atoms with Gasteiger partial charge in [0, 0.05) is 34.9 Å². The average Bonchev–Trinajstić information content (AvgIpc) is 3.35. The molecule has 3 heterocycles. The van der Waals surface area contributed by atoms with Crippen molar-refractivity contribution in [2.24, 2.45) is 7.05 Å². The van der Waals surface area contributed by atoms with Crippen molar-refractivity contribution in [3.63, 3.8) is 0 Å². The van der Waals surface area contributed by atoms with Gasteiger partial charge in [0.15, 0.2) is 5.82 Å². The molecule has 2 aromatic carbocycles. The second kappa shape index (κ2) is 8.93. The highest BCUT2D eigenvalue weighted by Gasteiger charge is 2.18. The number of hydrogen-bond donors (Lipinski definition) is 1. The number of aryl methyl sites for hydroxylation is 1. The fraction of sp³-hybridized carbons (Fsp3) is 0.120. The van der Waals surface area contributed by atoms with Gasteiger partial charge in [-0.2, -0.15) is 10.2 Å². The number of fused-ring (bicyclic) bond motifs is 1. The number of anilines is 1. The van der Waals surface area contributed by atoms with Crippen LogP contribution in [-0.2, 0) is 13.6 Å². The first-order valence-corrected chi connectivity index (χ1v) is 11.3. The second-order valence-corrected chi connectivity index (χ2v) is 8.79. The van der Waals surface area contributed by atoms with Crippen molar-refractivity contribution < 1.29 is 4.79 Å². The van der Waals surface area contributed by atoms with Gasteiger partial charge in [-0.05, 0) is 36.8 Å². The zero-order valence-corrected chi connectivity index (χ0v) is 20.0. The Hall–Kier alpha value is -3.68. The molecule has 9 heteroatoms. The highest BCUT2D eigenvalue weighted by Crippen LogP contribution is 2.28. The highest BCUT2D eigenvalue weighted by atomic mass is 35.5. The van der Waals surface area contributed by atoms with Crippen LogP contribution < -0.4 is 5.32 Å². The Morgan fingerprint density at radius 3 is 2.59 bits per heavy atom. The van der Waals surface area contributed by atoms with Gasteiger partial charge in [0.05, 0.1) is 29.5 Å². The minimum Gasteiger partial charge on any atom is -0.304 e. The van der Waals surface area contributed by atoms with Crippen LogP contribution in [-0.4, -0.2) is 30.5 Å². The van der Waals surface area contributed by atoms with E-state index in [1.54, 1.807) is 27.8 Å². The smallest absolute Gasteiger partial charge is 0.257 e. The van der Waals surface area contributed by atoms with E-state index in [-0.39, 0.29) is 5.91 Å². The number of nitrogens with zero attached hydrogens (tertiary/aromatic N) is 5. The van der Waals surface area contributed by atoms with E-state index in [0.717, 1.165) is 22.2 Å². The lowest BCUT2D eigenvalue weighted by atomic mass is 10.0. The van der Waals surface area contributed by atoms with E-state index in [1.807, 2.05) is 62.5 Å². The van der Waals surface area contributed by atoms with E-state index in [4.69, 9.17) is 28.2 Å². The van der Waals surface area contributed by atoms with Crippen molar-refractivity contribution in [2.75, 3.05) is 5.32 Å². The van der Waals surface area contributed by atoms with E-state index < -0.39 is 0 Å². The van der Waals surface area contributed by atoms with Gasteiger partial charge in [-0.25, -0.2) is 4.98 Å². The van der Waals surface area contributed by atoms with Crippen LogP contribution in [0.1, 0.15) is 21.6 Å². The zero-order valence-electron chi connectivity index (χ0n) is 18.5. The lowest BCUT2D eigenvalue weighted by Crippen LogP contribution is -2.14. The first kappa shape index (κ1) is 22.1. The van der Waals surface area contributed by atoms with E-state index in [2.05, 4.69) is 15.5 Å². The summed E-state index contributed by atoms with van der Waals surface area (Å²) >= 11 is 12.4. The number of aromatic nitrogens is 5. The molecule has 0 fully saturated rings. The molecular weight excluding hydrogens is 471 g/mol. The van der Waals surface area contributed by atoms with Crippen molar-refractivity contribution in [1.82, 2.24) is 24.5 Å².